The SMILES string of the molecule is NCl.NCl. The monoisotopic (exact) mass is 102 g/mol. The Hall–Kier alpha value is 0.500. The van der Waals surface area contributed by atoms with Gasteiger partial charge >= 0.3 is 0 Å². The van der Waals surface area contributed by atoms with Crippen molar-refractivity contribution in [1.29, 1.82) is 0 Å². The number of halogens is 2. The second kappa shape index (κ2) is 87.5. The molecular weight excluding hydrogens is 98.9 g/mol. The minimum atomic E-state index is 3.97. The average molecular weight is 103 g/mol. The second-order valence-corrected chi connectivity index (χ2v) is 0. The normalized spacial score (nSPS) is 3.00. The molecule has 0 radical (unpaired) electrons. The summed E-state index contributed by atoms with van der Waals surface area (Å²) in [6.45, 7) is 0. The Morgan fingerprint density at radius 2 is 0.750 bits per heavy atom. The molecule has 4 N–H and O–H groups in total. The van der Waals surface area contributed by atoms with E-state index in [4.69, 9.17) is 0 Å². The lowest BCUT2D eigenvalue weighted by Gasteiger charge is -1.14. The zero-order valence-corrected chi connectivity index (χ0v) is 3.42. The van der Waals surface area contributed by atoms with Gasteiger partial charge in [-0.2, -0.15) is 0 Å². The van der Waals surface area contributed by atoms with Crippen LogP contribution in [-0.2, 0) is 0 Å². The molecule has 0 atom stereocenters. The molecule has 0 aliphatic rings. The number of hydrogen-bond donors (Lipinski definition) is 2. The summed E-state index contributed by atoms with van der Waals surface area (Å²) >= 11 is 8.28. The van der Waals surface area contributed by atoms with Crippen LogP contribution in [-0.4, -0.2) is 0 Å². The Kier molecular flexibility index (Phi) is 193. The quantitative estimate of drug-likeness (QED) is 0.430. The molecule has 2 nitrogen and oxygen atoms in total. The van der Waals surface area contributed by atoms with E-state index in [0.717, 1.165) is 0 Å². The lowest BCUT2D eigenvalue weighted by atomic mass is 14.0. The van der Waals surface area contributed by atoms with Crippen LogP contribution in [0.2, 0.25) is 0 Å². The van der Waals surface area contributed by atoms with Gasteiger partial charge in [-0.15, -0.1) is 0 Å². The fourth-order valence-electron chi connectivity index (χ4n) is 0. The van der Waals surface area contributed by atoms with Gasteiger partial charge in [0, 0.05) is 0 Å². The molecule has 0 saturated heterocycles. The van der Waals surface area contributed by atoms with Crippen molar-refractivity contribution in [3.05, 3.63) is 0 Å². The zero-order valence-electron chi connectivity index (χ0n) is 1.91. The van der Waals surface area contributed by atoms with Gasteiger partial charge in [-0.05, 0) is 23.6 Å². The van der Waals surface area contributed by atoms with Crippen LogP contribution >= 0.6 is 23.6 Å². The van der Waals surface area contributed by atoms with Crippen molar-refractivity contribution in [3.63, 3.8) is 0 Å². The summed E-state index contributed by atoms with van der Waals surface area (Å²) < 4.78 is 0. The molecule has 0 saturated carbocycles. The summed E-state index contributed by atoms with van der Waals surface area (Å²) in [7, 11) is 0. The molecule has 28 valence electrons. The molecule has 0 rings (SSSR count). The molecule has 0 aromatic heterocycles. The third-order valence-electron chi connectivity index (χ3n) is 0. The van der Waals surface area contributed by atoms with E-state index in [1.54, 1.807) is 0 Å². The topological polar surface area (TPSA) is 52.0 Å². The predicted octanol–water partition coefficient (Wildman–Crippen LogP) is 0.198. The van der Waals surface area contributed by atoms with E-state index in [0.29, 0.717) is 0 Å². The molecule has 0 unspecified atom stereocenters. The highest BCUT2D eigenvalue weighted by Gasteiger charge is 0.870. The van der Waals surface area contributed by atoms with Gasteiger partial charge in [0.15, 0.2) is 0 Å². The number of rotatable bonds is 0. The summed E-state index contributed by atoms with van der Waals surface area (Å²) in [5.74, 6) is 0. The fraction of sp³-hybridized carbons (Fsp3) is 0. The van der Waals surface area contributed by atoms with Gasteiger partial charge in [0.25, 0.3) is 0 Å². The van der Waals surface area contributed by atoms with E-state index in [-0.39, 0.29) is 0 Å². The molecule has 0 amide bonds. The highest BCUT2D eigenvalue weighted by atomic mass is 35.5. The van der Waals surface area contributed by atoms with Crippen molar-refractivity contribution >= 4 is 23.6 Å². The molecule has 4 heavy (non-hydrogen) atoms. The maximum absolute atomic E-state index is 4.14. The van der Waals surface area contributed by atoms with Gasteiger partial charge in [0.05, 0.1) is 0 Å². The van der Waals surface area contributed by atoms with Crippen molar-refractivity contribution in [3.8, 4) is 0 Å². The summed E-state index contributed by atoms with van der Waals surface area (Å²) in [4.78, 5) is 0. The van der Waals surface area contributed by atoms with Crippen LogP contribution in [0.15, 0.2) is 0 Å². The maximum atomic E-state index is 4.14. The van der Waals surface area contributed by atoms with Crippen LogP contribution in [0.1, 0.15) is 0 Å². The van der Waals surface area contributed by atoms with Crippen molar-refractivity contribution < 1.29 is 0 Å². The lowest BCUT2D eigenvalue weighted by Crippen LogP contribution is -1.48. The van der Waals surface area contributed by atoms with Crippen molar-refractivity contribution in [2.45, 2.75) is 0 Å². The minimum absolute atomic E-state index is 3.97. The standard InChI is InChI=1S/2ClH2N/c2*1-2/h2*2H2. The number of nitrogens with two attached hydrogens (primary N) is 2. The summed E-state index contributed by atoms with van der Waals surface area (Å²) in [5, 5.41) is 7.94. The van der Waals surface area contributed by atoms with Crippen LogP contribution in [0.3, 0.4) is 0 Å². The average Bonchev–Trinajstić information content (AvgIpc) is 1.50. The van der Waals surface area contributed by atoms with Crippen LogP contribution < -0.4 is 10.5 Å². The highest BCUT2D eigenvalue weighted by Crippen LogP contribution is 1.15. The summed E-state index contributed by atoms with van der Waals surface area (Å²) in [6, 6.07) is 0. The first-order valence-corrected chi connectivity index (χ1v) is 1.31. The molecule has 0 heterocycles. The van der Waals surface area contributed by atoms with Crippen LogP contribution in [0.4, 0.5) is 0 Å². The fourth-order valence-corrected chi connectivity index (χ4v) is 0. The van der Waals surface area contributed by atoms with Crippen LogP contribution in [0.5, 0.6) is 0 Å². The molecule has 4 heteroatoms. The summed E-state index contributed by atoms with van der Waals surface area (Å²) in [5.41, 5.74) is 0. The van der Waals surface area contributed by atoms with Gasteiger partial charge < -0.3 is 0 Å². The first-order valence-electron chi connectivity index (χ1n) is 0.436. The van der Waals surface area contributed by atoms with Gasteiger partial charge in [0.1, 0.15) is 0 Å². The van der Waals surface area contributed by atoms with Crippen molar-refractivity contribution in [2.24, 2.45) is 10.5 Å². The predicted molar refractivity (Wildman–Crippen MR) is 20.1 cm³/mol. The van der Waals surface area contributed by atoms with Gasteiger partial charge in [-0.25, -0.2) is 10.5 Å². The summed E-state index contributed by atoms with van der Waals surface area (Å²) in [6.07, 6.45) is 0. The van der Waals surface area contributed by atoms with E-state index in [2.05, 4.69) is 34.1 Å². The van der Waals surface area contributed by atoms with Crippen molar-refractivity contribution in [1.82, 2.24) is 0 Å². The third-order valence-corrected chi connectivity index (χ3v) is 0. The largest absolute Gasteiger partial charge is 0.247 e. The van der Waals surface area contributed by atoms with E-state index in [1.165, 1.54) is 0 Å². The Morgan fingerprint density at radius 1 is 0.750 bits per heavy atom. The molecule has 0 aromatic carbocycles. The lowest BCUT2D eigenvalue weighted by molar-refractivity contribution is 2.00. The van der Waals surface area contributed by atoms with Gasteiger partial charge in [0.2, 0.25) is 0 Å². The van der Waals surface area contributed by atoms with Crippen LogP contribution in [0, 0.1) is 0 Å². The second-order valence-electron chi connectivity index (χ2n) is 0. The highest BCUT2D eigenvalue weighted by molar-refractivity contribution is 6.11. The van der Waals surface area contributed by atoms with E-state index < -0.39 is 0 Å². The Balaban J connectivity index is 0. The van der Waals surface area contributed by atoms with E-state index in [9.17, 15) is 0 Å². The van der Waals surface area contributed by atoms with E-state index in [1.807, 2.05) is 0 Å². The van der Waals surface area contributed by atoms with E-state index >= 15 is 0 Å². The van der Waals surface area contributed by atoms with Gasteiger partial charge in [-0.3, -0.25) is 0 Å². The Labute approximate surface area is 34.9 Å². The minimum Gasteiger partial charge on any atom is -0.247 e. The smallest absolute Gasteiger partial charge is 0.0285 e. The maximum Gasteiger partial charge on any atom is -0.0285 e. The number of hydrogen-bond acceptors (Lipinski definition) is 2. The zero-order chi connectivity index (χ0) is 4.00. The van der Waals surface area contributed by atoms with Crippen molar-refractivity contribution in [2.75, 3.05) is 0 Å². The Bertz CT molecular complexity index is 4.00. The third kappa shape index (κ3) is 22.5. The molecule has 0 aromatic rings. The molecule has 0 aliphatic carbocycles. The first kappa shape index (κ1) is 8.82. The molecule has 0 aliphatic heterocycles. The molecular formula is H4Cl2N2. The first-order chi connectivity index (χ1) is 2.00. The Morgan fingerprint density at radius 3 is 0.750 bits per heavy atom. The molecule has 0 spiro atoms. The van der Waals surface area contributed by atoms with Crippen LogP contribution in [0.25, 0.3) is 0 Å². The molecule has 0 bridgehead atoms. The van der Waals surface area contributed by atoms with Gasteiger partial charge in [-0.1, -0.05) is 0 Å². The molecule has 0 fully saturated rings.